The van der Waals surface area contributed by atoms with E-state index in [0.717, 1.165) is 0 Å². The van der Waals surface area contributed by atoms with Gasteiger partial charge < -0.3 is 26.0 Å². The highest BCUT2D eigenvalue weighted by molar-refractivity contribution is 5.86. The Bertz CT molecular complexity index is 394. The van der Waals surface area contributed by atoms with E-state index in [4.69, 9.17) is 15.3 Å². The van der Waals surface area contributed by atoms with E-state index in [1.54, 1.807) is 13.8 Å². The molecule has 0 fully saturated rings. The number of carboxylic acids is 3. The van der Waals surface area contributed by atoms with E-state index in [1.807, 2.05) is 5.32 Å². The Hall–Kier alpha value is -2.32. The van der Waals surface area contributed by atoms with Gasteiger partial charge in [-0.25, -0.2) is 14.4 Å². The number of carbonyl (C=O) groups is 4. The Morgan fingerprint density at radius 3 is 1.85 bits per heavy atom. The Morgan fingerprint density at radius 2 is 1.50 bits per heavy atom. The minimum Gasteiger partial charge on any atom is -0.481 e. The molecule has 0 spiro atoms. The van der Waals surface area contributed by atoms with Crippen LogP contribution in [0.3, 0.4) is 0 Å². The summed E-state index contributed by atoms with van der Waals surface area (Å²) in [6, 6.07) is -3.53. The third kappa shape index (κ3) is 6.57. The maximum atomic E-state index is 11.5. The van der Waals surface area contributed by atoms with Crippen molar-refractivity contribution in [1.82, 2.24) is 10.6 Å². The van der Waals surface area contributed by atoms with Crippen molar-refractivity contribution in [3.63, 3.8) is 0 Å². The van der Waals surface area contributed by atoms with E-state index in [1.165, 1.54) is 0 Å². The fourth-order valence-corrected chi connectivity index (χ4v) is 1.38. The first-order chi connectivity index (χ1) is 9.15. The van der Waals surface area contributed by atoms with Crippen molar-refractivity contribution in [3.05, 3.63) is 0 Å². The highest BCUT2D eigenvalue weighted by atomic mass is 16.4. The molecule has 5 N–H and O–H groups in total. The molecule has 0 heterocycles. The summed E-state index contributed by atoms with van der Waals surface area (Å²) < 4.78 is 0. The quantitative estimate of drug-likeness (QED) is 0.411. The van der Waals surface area contributed by atoms with Crippen LogP contribution < -0.4 is 10.6 Å². The van der Waals surface area contributed by atoms with Crippen LogP contribution in [0.25, 0.3) is 0 Å². The number of carboxylic acid groups (broad SMARTS) is 3. The second-order valence-electron chi connectivity index (χ2n) is 4.50. The van der Waals surface area contributed by atoms with Gasteiger partial charge in [-0.3, -0.25) is 4.79 Å². The zero-order valence-corrected chi connectivity index (χ0v) is 11.1. The van der Waals surface area contributed by atoms with Gasteiger partial charge in [0.25, 0.3) is 0 Å². The molecule has 0 aromatic heterocycles. The molecular formula is C11H18N2O7. The van der Waals surface area contributed by atoms with Gasteiger partial charge in [0.1, 0.15) is 12.1 Å². The molecule has 0 rings (SSSR count). The summed E-state index contributed by atoms with van der Waals surface area (Å²) in [5.41, 5.74) is 0. The van der Waals surface area contributed by atoms with Crippen molar-refractivity contribution in [2.24, 2.45) is 5.92 Å². The Labute approximate surface area is 115 Å². The van der Waals surface area contributed by atoms with Gasteiger partial charge in [0.05, 0.1) is 0 Å². The van der Waals surface area contributed by atoms with E-state index >= 15 is 0 Å². The van der Waals surface area contributed by atoms with Crippen molar-refractivity contribution in [2.75, 3.05) is 0 Å². The van der Waals surface area contributed by atoms with Crippen LogP contribution in [-0.4, -0.2) is 51.3 Å². The number of rotatable bonds is 8. The molecule has 2 atom stereocenters. The van der Waals surface area contributed by atoms with Crippen molar-refractivity contribution < 1.29 is 34.5 Å². The molecule has 0 aromatic rings. The lowest BCUT2D eigenvalue weighted by molar-refractivity contribution is -0.141. The van der Waals surface area contributed by atoms with Crippen LogP contribution in [0.5, 0.6) is 0 Å². The number of nitrogens with one attached hydrogen (secondary N) is 2. The van der Waals surface area contributed by atoms with E-state index in [-0.39, 0.29) is 12.3 Å². The molecule has 0 aliphatic heterocycles. The van der Waals surface area contributed by atoms with Gasteiger partial charge in [0.15, 0.2) is 0 Å². The van der Waals surface area contributed by atoms with Gasteiger partial charge in [0, 0.05) is 6.42 Å². The van der Waals surface area contributed by atoms with E-state index in [2.05, 4.69) is 5.32 Å². The van der Waals surface area contributed by atoms with Crippen LogP contribution >= 0.6 is 0 Å². The summed E-state index contributed by atoms with van der Waals surface area (Å²) in [5.74, 6) is -4.21. The Balaban J connectivity index is 4.56. The predicted octanol–water partition coefficient (Wildman–Crippen LogP) is -0.287. The summed E-state index contributed by atoms with van der Waals surface area (Å²) in [5, 5.41) is 30.3. The molecule has 0 saturated carbocycles. The Kier molecular flexibility index (Phi) is 7.05. The topological polar surface area (TPSA) is 153 Å². The molecule has 0 unspecified atom stereocenters. The van der Waals surface area contributed by atoms with Crippen LogP contribution in [0.4, 0.5) is 4.79 Å². The molecule has 20 heavy (non-hydrogen) atoms. The number of hydrogen-bond acceptors (Lipinski definition) is 4. The monoisotopic (exact) mass is 290 g/mol. The predicted molar refractivity (Wildman–Crippen MR) is 66.2 cm³/mol. The molecule has 114 valence electrons. The van der Waals surface area contributed by atoms with Crippen molar-refractivity contribution in [3.8, 4) is 0 Å². The average molecular weight is 290 g/mol. The number of hydrogen-bond donors (Lipinski definition) is 5. The third-order valence-corrected chi connectivity index (χ3v) is 2.47. The molecule has 2 amide bonds. The van der Waals surface area contributed by atoms with Crippen molar-refractivity contribution in [1.29, 1.82) is 0 Å². The van der Waals surface area contributed by atoms with Crippen LogP contribution in [-0.2, 0) is 14.4 Å². The summed E-state index contributed by atoms with van der Waals surface area (Å²) >= 11 is 0. The van der Waals surface area contributed by atoms with E-state index < -0.39 is 42.4 Å². The molecule has 9 heteroatoms. The lowest BCUT2D eigenvalue weighted by Crippen LogP contribution is -2.52. The summed E-state index contributed by atoms with van der Waals surface area (Å²) in [6.45, 7) is 3.16. The third-order valence-electron chi connectivity index (χ3n) is 2.47. The van der Waals surface area contributed by atoms with Gasteiger partial charge in [-0.05, 0) is 12.3 Å². The van der Waals surface area contributed by atoms with Crippen molar-refractivity contribution >= 4 is 23.9 Å². The van der Waals surface area contributed by atoms with Gasteiger partial charge in [0.2, 0.25) is 0 Å². The largest absolute Gasteiger partial charge is 0.481 e. The normalized spacial score (nSPS) is 13.3. The van der Waals surface area contributed by atoms with Crippen LogP contribution in [0.1, 0.15) is 26.7 Å². The molecule has 0 radical (unpaired) electrons. The second kappa shape index (κ2) is 7.97. The van der Waals surface area contributed by atoms with Gasteiger partial charge >= 0.3 is 23.9 Å². The first-order valence-corrected chi connectivity index (χ1v) is 5.89. The number of aliphatic carboxylic acids is 3. The number of urea groups is 1. The van der Waals surface area contributed by atoms with Crippen LogP contribution in [0, 0.1) is 5.92 Å². The van der Waals surface area contributed by atoms with Crippen molar-refractivity contribution in [2.45, 2.75) is 38.8 Å². The SMILES string of the molecule is CC(C)[C@H](NC(=O)N[C@@H](CCC(=O)O)C(=O)O)C(=O)O. The number of amides is 2. The highest BCUT2D eigenvalue weighted by Crippen LogP contribution is 2.02. The highest BCUT2D eigenvalue weighted by Gasteiger charge is 2.26. The smallest absolute Gasteiger partial charge is 0.326 e. The van der Waals surface area contributed by atoms with E-state index in [9.17, 15) is 19.2 Å². The minimum atomic E-state index is -1.40. The standard InChI is InChI=1S/C11H18N2O7/c1-5(2)8(10(18)19)13-11(20)12-6(9(16)17)3-4-7(14)15/h5-6,8H,3-4H2,1-2H3,(H,14,15)(H,16,17)(H,18,19)(H2,12,13,20)/t6-,8-/m0/s1. The molecule has 0 aromatic carbocycles. The summed E-state index contributed by atoms with van der Waals surface area (Å²) in [4.78, 5) is 43.6. The van der Waals surface area contributed by atoms with E-state index in [0.29, 0.717) is 0 Å². The second-order valence-corrected chi connectivity index (χ2v) is 4.50. The zero-order chi connectivity index (χ0) is 15.9. The first kappa shape index (κ1) is 17.7. The summed E-state index contributed by atoms with van der Waals surface area (Å²) in [7, 11) is 0. The molecular weight excluding hydrogens is 272 g/mol. The fourth-order valence-electron chi connectivity index (χ4n) is 1.38. The fraction of sp³-hybridized carbons (Fsp3) is 0.636. The molecule has 0 bridgehead atoms. The number of carbonyl (C=O) groups excluding carboxylic acids is 1. The van der Waals surface area contributed by atoms with Gasteiger partial charge in [-0.2, -0.15) is 0 Å². The molecule has 0 aliphatic rings. The summed E-state index contributed by atoms with van der Waals surface area (Å²) in [6.07, 6.45) is -0.721. The van der Waals surface area contributed by atoms with Gasteiger partial charge in [-0.15, -0.1) is 0 Å². The Morgan fingerprint density at radius 1 is 0.950 bits per heavy atom. The molecule has 0 saturated heterocycles. The lowest BCUT2D eigenvalue weighted by atomic mass is 10.1. The maximum Gasteiger partial charge on any atom is 0.326 e. The van der Waals surface area contributed by atoms with Crippen LogP contribution in [0.15, 0.2) is 0 Å². The lowest BCUT2D eigenvalue weighted by Gasteiger charge is -2.20. The average Bonchev–Trinajstić information content (AvgIpc) is 2.29. The maximum absolute atomic E-state index is 11.5. The first-order valence-electron chi connectivity index (χ1n) is 5.89. The molecule has 9 nitrogen and oxygen atoms in total. The van der Waals surface area contributed by atoms with Gasteiger partial charge in [-0.1, -0.05) is 13.8 Å². The van der Waals surface area contributed by atoms with Crippen LogP contribution in [0.2, 0.25) is 0 Å². The zero-order valence-electron chi connectivity index (χ0n) is 11.1. The molecule has 0 aliphatic carbocycles. The minimum absolute atomic E-state index is 0.294.